The van der Waals surface area contributed by atoms with Gasteiger partial charge in [-0.1, -0.05) is 23.7 Å². The number of nitrogens with one attached hydrogen (secondary N) is 1. The van der Waals surface area contributed by atoms with Crippen LogP contribution in [0.25, 0.3) is 0 Å². The number of carbonyl (C=O) groups excluding carboxylic acids is 2. The van der Waals surface area contributed by atoms with Crippen molar-refractivity contribution < 1.29 is 18.0 Å². The summed E-state index contributed by atoms with van der Waals surface area (Å²) in [7, 11) is -3.62. The van der Waals surface area contributed by atoms with Gasteiger partial charge in [0.05, 0.1) is 18.2 Å². The zero-order valence-corrected chi connectivity index (χ0v) is 12.2. The highest BCUT2D eigenvalue weighted by molar-refractivity contribution is 7.88. The molecule has 20 heavy (non-hydrogen) atoms. The van der Waals surface area contributed by atoms with Crippen LogP contribution in [0.1, 0.15) is 24.8 Å². The van der Waals surface area contributed by atoms with E-state index in [0.717, 1.165) is 0 Å². The van der Waals surface area contributed by atoms with Gasteiger partial charge in [-0.3, -0.25) is 9.59 Å². The second kappa shape index (κ2) is 6.03. The number of benzene rings is 1. The Labute approximate surface area is 122 Å². The van der Waals surface area contributed by atoms with Crippen LogP contribution in [-0.2, 0) is 25.4 Å². The normalized spacial score (nSPS) is 20.1. The van der Waals surface area contributed by atoms with Gasteiger partial charge in [-0.15, -0.1) is 0 Å². The van der Waals surface area contributed by atoms with Gasteiger partial charge in [0.15, 0.2) is 5.78 Å². The van der Waals surface area contributed by atoms with Crippen molar-refractivity contribution in [2.75, 3.05) is 0 Å². The van der Waals surface area contributed by atoms with Crippen molar-refractivity contribution in [3.05, 3.63) is 34.9 Å². The van der Waals surface area contributed by atoms with Crippen molar-refractivity contribution in [3.8, 4) is 0 Å². The molecule has 1 atom stereocenters. The van der Waals surface area contributed by atoms with E-state index in [2.05, 4.69) is 4.72 Å². The summed E-state index contributed by atoms with van der Waals surface area (Å²) in [6.07, 6.45) is 0.283. The summed E-state index contributed by atoms with van der Waals surface area (Å²) in [6, 6.07) is 5.67. The Kier molecular flexibility index (Phi) is 4.57. The summed E-state index contributed by atoms with van der Waals surface area (Å²) in [5.74, 6) is -0.717. The fraction of sp³-hybridized carbons (Fsp3) is 0.385. The number of hydrogen-bond donors (Lipinski definition) is 1. The lowest BCUT2D eigenvalue weighted by Gasteiger charge is -2.20. The van der Waals surface area contributed by atoms with Crippen LogP contribution in [0.15, 0.2) is 24.3 Å². The van der Waals surface area contributed by atoms with E-state index in [1.165, 1.54) is 0 Å². The Bertz CT molecular complexity index is 624. The number of carbonyl (C=O) groups is 2. The third kappa shape index (κ3) is 4.13. The highest BCUT2D eigenvalue weighted by atomic mass is 35.5. The topological polar surface area (TPSA) is 80.3 Å². The Morgan fingerprint density at radius 2 is 1.85 bits per heavy atom. The monoisotopic (exact) mass is 315 g/mol. The molecule has 0 radical (unpaired) electrons. The van der Waals surface area contributed by atoms with Gasteiger partial charge < -0.3 is 0 Å². The zero-order chi connectivity index (χ0) is 14.8. The van der Waals surface area contributed by atoms with Crippen LogP contribution < -0.4 is 4.72 Å². The molecule has 2 rings (SSSR count). The first-order valence-electron chi connectivity index (χ1n) is 6.14. The second-order valence-corrected chi connectivity index (χ2v) is 6.97. The van der Waals surface area contributed by atoms with Crippen molar-refractivity contribution in [3.63, 3.8) is 0 Å². The SMILES string of the molecule is O=C1CCC(NS(=O)(=O)Cc2ccc(Cl)cc2)C(=O)C1. The van der Waals surface area contributed by atoms with Crippen LogP contribution >= 0.6 is 11.6 Å². The first-order valence-corrected chi connectivity index (χ1v) is 8.17. The molecule has 0 bridgehead atoms. The number of Topliss-reactive ketones (excluding diaryl/α,β-unsaturated/α-hetero) is 2. The van der Waals surface area contributed by atoms with E-state index in [1.807, 2.05) is 0 Å². The molecule has 0 aliphatic heterocycles. The first kappa shape index (κ1) is 15.2. The fourth-order valence-corrected chi connectivity index (χ4v) is 3.58. The summed E-state index contributed by atoms with van der Waals surface area (Å²) in [5, 5.41) is 0.528. The number of hydrogen-bond acceptors (Lipinski definition) is 4. The highest BCUT2D eigenvalue weighted by Crippen LogP contribution is 2.15. The Balaban J connectivity index is 2.02. The lowest BCUT2D eigenvalue weighted by Crippen LogP contribution is -2.44. The smallest absolute Gasteiger partial charge is 0.216 e. The minimum absolute atomic E-state index is 0.136. The van der Waals surface area contributed by atoms with Crippen molar-refractivity contribution in [2.45, 2.75) is 31.1 Å². The first-order chi connectivity index (χ1) is 9.35. The maximum absolute atomic E-state index is 12.0. The van der Waals surface area contributed by atoms with Gasteiger partial charge in [-0.2, -0.15) is 0 Å². The standard InChI is InChI=1S/C13H14ClNO4S/c14-10-3-1-9(2-4-10)8-20(18,19)15-12-6-5-11(16)7-13(12)17/h1-4,12,15H,5-8H2. The second-order valence-electron chi connectivity index (χ2n) is 4.78. The van der Waals surface area contributed by atoms with Crippen molar-refractivity contribution >= 4 is 33.2 Å². The van der Waals surface area contributed by atoms with Gasteiger partial charge in [-0.25, -0.2) is 13.1 Å². The molecule has 1 unspecified atom stereocenters. The molecule has 1 aliphatic carbocycles. The summed E-state index contributed by atoms with van der Waals surface area (Å²) >= 11 is 5.73. The molecule has 5 nitrogen and oxygen atoms in total. The molecular formula is C13H14ClNO4S. The van der Waals surface area contributed by atoms with E-state index in [4.69, 9.17) is 11.6 Å². The van der Waals surface area contributed by atoms with Gasteiger partial charge in [0.2, 0.25) is 10.0 Å². The van der Waals surface area contributed by atoms with Gasteiger partial charge >= 0.3 is 0 Å². The predicted octanol–water partition coefficient (Wildman–Crippen LogP) is 1.45. The third-order valence-electron chi connectivity index (χ3n) is 3.06. The van der Waals surface area contributed by atoms with Crippen molar-refractivity contribution in [2.24, 2.45) is 0 Å². The number of rotatable bonds is 4. The molecular weight excluding hydrogens is 302 g/mol. The van der Waals surface area contributed by atoms with Crippen LogP contribution in [0.3, 0.4) is 0 Å². The Hall–Kier alpha value is -1.24. The molecule has 0 spiro atoms. The van der Waals surface area contributed by atoms with E-state index < -0.39 is 16.1 Å². The summed E-state index contributed by atoms with van der Waals surface area (Å²) < 4.78 is 26.4. The lowest BCUT2D eigenvalue weighted by atomic mass is 9.94. The van der Waals surface area contributed by atoms with Crippen LogP contribution in [-0.4, -0.2) is 26.0 Å². The molecule has 1 N–H and O–H groups in total. The summed E-state index contributed by atoms with van der Waals surface area (Å²) in [6.45, 7) is 0. The van der Waals surface area contributed by atoms with Gasteiger partial charge in [-0.05, 0) is 24.1 Å². The molecule has 1 aliphatic rings. The number of ketones is 2. The molecule has 0 saturated heterocycles. The van der Waals surface area contributed by atoms with Crippen LogP contribution in [0.4, 0.5) is 0 Å². The van der Waals surface area contributed by atoms with E-state index in [0.29, 0.717) is 10.6 Å². The number of halogens is 1. The van der Waals surface area contributed by atoms with Gasteiger partial charge in [0.25, 0.3) is 0 Å². The van der Waals surface area contributed by atoms with Crippen LogP contribution in [0.2, 0.25) is 5.02 Å². The minimum atomic E-state index is -3.62. The highest BCUT2D eigenvalue weighted by Gasteiger charge is 2.30. The molecule has 1 saturated carbocycles. The zero-order valence-electron chi connectivity index (χ0n) is 10.6. The van der Waals surface area contributed by atoms with E-state index in [9.17, 15) is 18.0 Å². The Morgan fingerprint density at radius 1 is 1.20 bits per heavy atom. The van der Waals surface area contributed by atoms with E-state index >= 15 is 0 Å². The molecule has 0 aromatic heterocycles. The molecule has 1 fully saturated rings. The molecule has 1 aromatic rings. The maximum atomic E-state index is 12.0. The quantitative estimate of drug-likeness (QED) is 0.853. The Morgan fingerprint density at radius 3 is 2.45 bits per heavy atom. The molecule has 0 amide bonds. The van der Waals surface area contributed by atoms with E-state index in [-0.39, 0.29) is 36.6 Å². The molecule has 0 heterocycles. The van der Waals surface area contributed by atoms with Crippen molar-refractivity contribution in [1.29, 1.82) is 0 Å². The average molecular weight is 316 g/mol. The average Bonchev–Trinajstić information content (AvgIpc) is 2.35. The summed E-state index contributed by atoms with van der Waals surface area (Å²) in [4.78, 5) is 22.7. The number of sulfonamides is 1. The largest absolute Gasteiger partial charge is 0.299 e. The lowest BCUT2D eigenvalue weighted by molar-refractivity contribution is -0.130. The van der Waals surface area contributed by atoms with Crippen molar-refractivity contribution in [1.82, 2.24) is 4.72 Å². The molecule has 7 heteroatoms. The van der Waals surface area contributed by atoms with E-state index in [1.54, 1.807) is 24.3 Å². The minimum Gasteiger partial charge on any atom is -0.299 e. The van der Waals surface area contributed by atoms with Crippen LogP contribution in [0.5, 0.6) is 0 Å². The van der Waals surface area contributed by atoms with Gasteiger partial charge in [0, 0.05) is 11.4 Å². The maximum Gasteiger partial charge on any atom is 0.216 e. The third-order valence-corrected chi connectivity index (χ3v) is 4.67. The van der Waals surface area contributed by atoms with Crippen LogP contribution in [0, 0.1) is 0 Å². The fourth-order valence-electron chi connectivity index (χ4n) is 2.06. The predicted molar refractivity (Wildman–Crippen MR) is 74.9 cm³/mol. The summed E-state index contributed by atoms with van der Waals surface area (Å²) in [5.41, 5.74) is 0.584. The van der Waals surface area contributed by atoms with Gasteiger partial charge in [0.1, 0.15) is 5.78 Å². The molecule has 108 valence electrons. The molecule has 1 aromatic carbocycles.